The van der Waals surface area contributed by atoms with Crippen molar-refractivity contribution < 1.29 is 14.3 Å². The fraction of sp³-hybridized carbons (Fsp3) is 0.450. The Labute approximate surface area is 152 Å². The monoisotopic (exact) mass is 351 g/mol. The number of hydrogen-bond acceptors (Lipinski definition) is 5. The molecular formula is C20H21N3O3. The number of carbonyl (C=O) groups excluding carboxylic acids is 1. The second kappa shape index (κ2) is 6.83. The zero-order valence-electron chi connectivity index (χ0n) is 14.8. The molecule has 0 atom stereocenters. The number of nitrogens with zero attached hydrogens (tertiary/aromatic N) is 3. The van der Waals surface area contributed by atoms with Crippen LogP contribution in [0.2, 0.25) is 0 Å². The smallest absolute Gasteiger partial charge is 0.327 e. The van der Waals surface area contributed by atoms with Crippen LogP contribution in [-0.2, 0) is 16.1 Å². The molecule has 0 unspecified atom stereocenters. The van der Waals surface area contributed by atoms with Gasteiger partial charge in [0.1, 0.15) is 18.0 Å². The Morgan fingerprint density at radius 3 is 2.50 bits per heavy atom. The zero-order chi connectivity index (χ0) is 18.1. The maximum Gasteiger partial charge on any atom is 0.327 e. The third-order valence-electron chi connectivity index (χ3n) is 4.69. The van der Waals surface area contributed by atoms with Gasteiger partial charge in [-0.25, -0.2) is 0 Å². The first kappa shape index (κ1) is 16.6. The molecule has 4 rings (SSSR count). The van der Waals surface area contributed by atoms with E-state index >= 15 is 0 Å². The molecule has 26 heavy (non-hydrogen) atoms. The Morgan fingerprint density at radius 2 is 1.92 bits per heavy atom. The van der Waals surface area contributed by atoms with E-state index in [1.807, 2.05) is 0 Å². The molecular weight excluding hydrogens is 330 g/mol. The number of ether oxygens (including phenoxy) is 2. The molecule has 0 saturated heterocycles. The lowest BCUT2D eigenvalue weighted by molar-refractivity contribution is -0.144. The number of rotatable bonds is 7. The van der Waals surface area contributed by atoms with Crippen molar-refractivity contribution >= 4 is 5.97 Å². The molecule has 0 N–H and O–H groups in total. The summed E-state index contributed by atoms with van der Waals surface area (Å²) in [5.41, 5.74) is 2.55. The lowest BCUT2D eigenvalue weighted by atomic mass is 10.2. The average molecular weight is 351 g/mol. The number of benzene rings is 1. The zero-order valence-corrected chi connectivity index (χ0v) is 14.8. The van der Waals surface area contributed by atoms with Gasteiger partial charge in [0.05, 0.1) is 23.9 Å². The van der Waals surface area contributed by atoms with Crippen LogP contribution in [0.25, 0.3) is 0 Å². The normalized spacial score (nSPS) is 16.2. The standard InChI is InChI=1S/C20H21N3O3/c1-2-25-17(24)12-23-19(15-7-8-15)20(18(22-23)14-5-6-14)26-16-9-3-13(11-21)4-10-16/h3-4,9-10,14-15H,2,5-8,12H2,1H3. The van der Waals surface area contributed by atoms with Crippen LogP contribution >= 0.6 is 0 Å². The summed E-state index contributed by atoms with van der Waals surface area (Å²) in [5, 5.41) is 13.7. The van der Waals surface area contributed by atoms with Gasteiger partial charge >= 0.3 is 5.97 Å². The lowest BCUT2D eigenvalue weighted by Crippen LogP contribution is -2.16. The number of aromatic nitrogens is 2. The molecule has 0 amide bonds. The second-order valence-electron chi connectivity index (χ2n) is 6.85. The van der Waals surface area contributed by atoms with E-state index in [2.05, 4.69) is 6.07 Å². The minimum Gasteiger partial charge on any atom is -0.465 e. The van der Waals surface area contributed by atoms with E-state index in [1.54, 1.807) is 35.9 Å². The van der Waals surface area contributed by atoms with Crippen molar-refractivity contribution in [2.75, 3.05) is 6.61 Å². The molecule has 0 bridgehead atoms. The maximum atomic E-state index is 12.0. The Bertz CT molecular complexity index is 856. The van der Waals surface area contributed by atoms with Gasteiger partial charge in [0.15, 0.2) is 5.75 Å². The van der Waals surface area contributed by atoms with Crippen molar-refractivity contribution in [3.8, 4) is 17.6 Å². The van der Waals surface area contributed by atoms with Gasteiger partial charge in [-0.2, -0.15) is 10.4 Å². The van der Waals surface area contributed by atoms with Gasteiger partial charge < -0.3 is 9.47 Å². The first-order chi connectivity index (χ1) is 12.7. The summed E-state index contributed by atoms with van der Waals surface area (Å²) in [7, 11) is 0. The first-order valence-electron chi connectivity index (χ1n) is 9.13. The van der Waals surface area contributed by atoms with Gasteiger partial charge in [-0.1, -0.05) is 0 Å². The van der Waals surface area contributed by atoms with Gasteiger partial charge in [-0.3, -0.25) is 9.48 Å². The molecule has 0 aliphatic heterocycles. The van der Waals surface area contributed by atoms with Gasteiger partial charge in [0.25, 0.3) is 0 Å². The fourth-order valence-corrected chi connectivity index (χ4v) is 3.12. The Kier molecular flexibility index (Phi) is 4.37. The summed E-state index contributed by atoms with van der Waals surface area (Å²) in [5.74, 6) is 2.00. The van der Waals surface area contributed by atoms with E-state index in [4.69, 9.17) is 19.8 Å². The van der Waals surface area contributed by atoms with Crippen LogP contribution in [-0.4, -0.2) is 22.4 Å². The number of hydrogen-bond donors (Lipinski definition) is 0. The molecule has 2 aliphatic carbocycles. The minimum atomic E-state index is -0.274. The molecule has 6 nitrogen and oxygen atoms in total. The summed E-state index contributed by atoms with van der Waals surface area (Å²) < 4.78 is 13.1. The quantitative estimate of drug-likeness (QED) is 0.708. The molecule has 0 radical (unpaired) electrons. The third-order valence-corrected chi connectivity index (χ3v) is 4.69. The number of carbonyl (C=O) groups is 1. The average Bonchev–Trinajstić information content (AvgIpc) is 3.55. The van der Waals surface area contributed by atoms with Crippen LogP contribution < -0.4 is 4.74 Å². The van der Waals surface area contributed by atoms with Crippen LogP contribution in [0.4, 0.5) is 0 Å². The second-order valence-corrected chi connectivity index (χ2v) is 6.85. The fourth-order valence-electron chi connectivity index (χ4n) is 3.12. The van der Waals surface area contributed by atoms with Crippen molar-refractivity contribution in [2.24, 2.45) is 0 Å². The van der Waals surface area contributed by atoms with Gasteiger partial charge in [0, 0.05) is 11.8 Å². The van der Waals surface area contributed by atoms with Crippen molar-refractivity contribution in [3.63, 3.8) is 0 Å². The van der Waals surface area contributed by atoms with Crippen LogP contribution in [0.15, 0.2) is 24.3 Å². The molecule has 1 aromatic carbocycles. The van der Waals surface area contributed by atoms with E-state index in [0.29, 0.717) is 29.8 Å². The van der Waals surface area contributed by atoms with E-state index in [-0.39, 0.29) is 12.5 Å². The molecule has 2 fully saturated rings. The van der Waals surface area contributed by atoms with E-state index < -0.39 is 0 Å². The first-order valence-corrected chi connectivity index (χ1v) is 9.13. The summed E-state index contributed by atoms with van der Waals surface area (Å²) in [6, 6.07) is 9.20. The number of nitriles is 1. The summed E-state index contributed by atoms with van der Waals surface area (Å²) >= 11 is 0. The van der Waals surface area contributed by atoms with Crippen LogP contribution in [0.3, 0.4) is 0 Å². The Hall–Kier alpha value is -2.81. The highest BCUT2D eigenvalue weighted by Gasteiger charge is 2.39. The summed E-state index contributed by atoms with van der Waals surface area (Å²) in [6.07, 6.45) is 4.37. The van der Waals surface area contributed by atoms with Gasteiger partial charge in [-0.15, -0.1) is 0 Å². The highest BCUT2D eigenvalue weighted by molar-refractivity contribution is 5.69. The summed E-state index contributed by atoms with van der Waals surface area (Å²) in [4.78, 5) is 12.0. The molecule has 2 aromatic rings. The van der Waals surface area contributed by atoms with Crippen LogP contribution in [0.5, 0.6) is 11.5 Å². The maximum absolute atomic E-state index is 12.0. The minimum absolute atomic E-state index is 0.121. The topological polar surface area (TPSA) is 77.1 Å². The van der Waals surface area contributed by atoms with Crippen molar-refractivity contribution in [1.29, 1.82) is 5.26 Å². The molecule has 1 aromatic heterocycles. The predicted molar refractivity (Wildman–Crippen MR) is 94.0 cm³/mol. The Balaban J connectivity index is 1.68. The van der Waals surface area contributed by atoms with E-state index in [1.165, 1.54) is 0 Å². The van der Waals surface area contributed by atoms with Crippen molar-refractivity contribution in [3.05, 3.63) is 41.2 Å². The highest BCUT2D eigenvalue weighted by atomic mass is 16.5. The van der Waals surface area contributed by atoms with Crippen LogP contribution in [0.1, 0.15) is 61.4 Å². The van der Waals surface area contributed by atoms with E-state index in [0.717, 1.165) is 42.8 Å². The molecule has 2 aliphatic rings. The van der Waals surface area contributed by atoms with Gasteiger partial charge in [0.2, 0.25) is 0 Å². The largest absolute Gasteiger partial charge is 0.465 e. The molecule has 134 valence electrons. The van der Waals surface area contributed by atoms with Crippen molar-refractivity contribution in [1.82, 2.24) is 9.78 Å². The van der Waals surface area contributed by atoms with Crippen molar-refractivity contribution in [2.45, 2.75) is 51.0 Å². The third kappa shape index (κ3) is 3.43. The lowest BCUT2D eigenvalue weighted by Gasteiger charge is -2.10. The molecule has 0 spiro atoms. The number of esters is 1. The predicted octanol–water partition coefficient (Wildman–Crippen LogP) is 3.86. The summed E-state index contributed by atoms with van der Waals surface area (Å²) in [6.45, 7) is 2.29. The SMILES string of the molecule is CCOC(=O)Cn1nc(C2CC2)c(Oc2ccc(C#N)cc2)c1C1CC1. The molecule has 6 heteroatoms. The highest BCUT2D eigenvalue weighted by Crippen LogP contribution is 2.51. The van der Waals surface area contributed by atoms with E-state index in [9.17, 15) is 4.79 Å². The molecule has 1 heterocycles. The van der Waals surface area contributed by atoms with Crippen LogP contribution in [0, 0.1) is 11.3 Å². The Morgan fingerprint density at radius 1 is 1.23 bits per heavy atom. The van der Waals surface area contributed by atoms with Gasteiger partial charge in [-0.05, 0) is 56.9 Å². The molecule has 2 saturated carbocycles.